The molecule has 1 aromatic rings. The van der Waals surface area contributed by atoms with Crippen LogP contribution < -0.4 is 0 Å². The summed E-state index contributed by atoms with van der Waals surface area (Å²) in [5, 5.41) is 13.2. The van der Waals surface area contributed by atoms with Gasteiger partial charge in [-0.3, -0.25) is 4.68 Å². The van der Waals surface area contributed by atoms with Gasteiger partial charge in [-0.2, -0.15) is 5.10 Å². The fourth-order valence-corrected chi connectivity index (χ4v) is 3.76. The molecule has 5 nitrogen and oxygen atoms in total. The molecule has 1 aliphatic rings. The molecule has 1 aromatic heterocycles. The minimum atomic E-state index is -2.87. The zero-order valence-corrected chi connectivity index (χ0v) is 9.50. The molecule has 1 fully saturated rings. The first-order chi connectivity index (χ1) is 6.98. The summed E-state index contributed by atoms with van der Waals surface area (Å²) in [5.41, 5.74) is 0. The van der Waals surface area contributed by atoms with E-state index < -0.39 is 9.84 Å². The first-order valence-corrected chi connectivity index (χ1v) is 6.78. The molecule has 1 aliphatic heterocycles. The topological polar surface area (TPSA) is 72.2 Å². The Morgan fingerprint density at radius 2 is 2.40 bits per heavy atom. The number of rotatable bonds is 2. The Morgan fingerprint density at radius 3 is 2.87 bits per heavy atom. The molecule has 0 radical (unpaired) electrons. The van der Waals surface area contributed by atoms with E-state index in [0.717, 1.165) is 0 Å². The van der Waals surface area contributed by atoms with Gasteiger partial charge in [0.25, 0.3) is 0 Å². The van der Waals surface area contributed by atoms with Crippen molar-refractivity contribution in [2.45, 2.75) is 13.0 Å². The lowest BCUT2D eigenvalue weighted by molar-refractivity contribution is 0.450. The van der Waals surface area contributed by atoms with E-state index in [1.807, 2.05) is 0 Å². The van der Waals surface area contributed by atoms with Crippen molar-refractivity contribution >= 4 is 21.4 Å². The maximum absolute atomic E-state index is 11.2. The predicted molar refractivity (Wildman–Crippen MR) is 55.7 cm³/mol. The monoisotopic (exact) mass is 250 g/mol. The van der Waals surface area contributed by atoms with Crippen molar-refractivity contribution in [3.8, 4) is 5.75 Å². The molecule has 0 saturated carbocycles. The lowest BCUT2D eigenvalue weighted by atomic mass is 10.1. The Bertz CT molecular complexity index is 468. The van der Waals surface area contributed by atoms with Gasteiger partial charge in [-0.25, -0.2) is 8.42 Å². The zero-order chi connectivity index (χ0) is 11.1. The third-order valence-electron chi connectivity index (χ3n) is 2.52. The van der Waals surface area contributed by atoms with Crippen molar-refractivity contribution < 1.29 is 13.5 Å². The number of sulfone groups is 1. The van der Waals surface area contributed by atoms with Gasteiger partial charge in [0.15, 0.2) is 20.7 Å². The Labute approximate surface area is 92.6 Å². The summed E-state index contributed by atoms with van der Waals surface area (Å²) < 4.78 is 23.9. The Hall–Kier alpha value is -0.750. The molecule has 2 rings (SSSR count). The lowest BCUT2D eigenvalue weighted by Gasteiger charge is -2.08. The molecule has 0 aliphatic carbocycles. The van der Waals surface area contributed by atoms with Crippen molar-refractivity contribution in [3.63, 3.8) is 0 Å². The van der Waals surface area contributed by atoms with E-state index in [2.05, 4.69) is 5.10 Å². The molecule has 15 heavy (non-hydrogen) atoms. The highest BCUT2D eigenvalue weighted by molar-refractivity contribution is 7.91. The Balaban J connectivity index is 2.08. The van der Waals surface area contributed by atoms with Gasteiger partial charge in [0.2, 0.25) is 0 Å². The molecule has 0 spiro atoms. The largest absolute Gasteiger partial charge is 0.504 e. The van der Waals surface area contributed by atoms with Crippen LogP contribution in [0.2, 0.25) is 5.15 Å². The number of hydrogen-bond donors (Lipinski definition) is 1. The first kappa shape index (κ1) is 10.8. The van der Waals surface area contributed by atoms with Gasteiger partial charge in [0.05, 0.1) is 17.7 Å². The lowest BCUT2D eigenvalue weighted by Crippen LogP contribution is -2.13. The van der Waals surface area contributed by atoms with Gasteiger partial charge in [0.1, 0.15) is 0 Å². The summed E-state index contributed by atoms with van der Waals surface area (Å²) in [5.74, 6) is 0.399. The van der Waals surface area contributed by atoms with Gasteiger partial charge >= 0.3 is 0 Å². The standard InChI is InChI=1S/C8H11ClN2O3S/c9-8-7(12)3-10-11(8)4-6-1-2-15(13,14)5-6/h3,6,12H,1-2,4-5H2. The Morgan fingerprint density at radius 1 is 1.67 bits per heavy atom. The fraction of sp³-hybridized carbons (Fsp3) is 0.625. The summed E-state index contributed by atoms with van der Waals surface area (Å²) in [4.78, 5) is 0. The molecular formula is C8H11ClN2O3S. The highest BCUT2D eigenvalue weighted by atomic mass is 35.5. The van der Waals surface area contributed by atoms with E-state index in [9.17, 15) is 13.5 Å². The Kier molecular flexibility index (Phi) is 2.64. The summed E-state index contributed by atoms with van der Waals surface area (Å²) in [6.07, 6.45) is 1.89. The minimum absolute atomic E-state index is 0.0480. The van der Waals surface area contributed by atoms with Gasteiger partial charge in [-0.05, 0) is 12.3 Å². The van der Waals surface area contributed by atoms with Gasteiger partial charge in [0, 0.05) is 6.54 Å². The average molecular weight is 251 g/mol. The van der Waals surface area contributed by atoms with Crippen molar-refractivity contribution in [1.29, 1.82) is 0 Å². The van der Waals surface area contributed by atoms with Crippen LogP contribution >= 0.6 is 11.6 Å². The summed E-state index contributed by atoms with van der Waals surface area (Å²) >= 11 is 5.76. The van der Waals surface area contributed by atoms with Crippen LogP contribution in [0.5, 0.6) is 5.75 Å². The molecule has 0 bridgehead atoms. The SMILES string of the molecule is O=S1(=O)CCC(Cn2ncc(O)c2Cl)C1. The molecule has 1 unspecified atom stereocenters. The molecular weight excluding hydrogens is 240 g/mol. The van der Waals surface area contributed by atoms with Crippen molar-refractivity contribution in [1.82, 2.24) is 9.78 Å². The molecule has 1 atom stereocenters. The van der Waals surface area contributed by atoms with Crippen LogP contribution in [0, 0.1) is 5.92 Å². The quantitative estimate of drug-likeness (QED) is 0.838. The number of halogens is 1. The van der Waals surface area contributed by atoms with Crippen LogP contribution in [0.1, 0.15) is 6.42 Å². The van der Waals surface area contributed by atoms with E-state index in [-0.39, 0.29) is 28.3 Å². The van der Waals surface area contributed by atoms with Crippen LogP contribution in [0.15, 0.2) is 6.20 Å². The molecule has 0 aromatic carbocycles. The predicted octanol–water partition coefficient (Wildman–Crippen LogP) is 0.677. The van der Waals surface area contributed by atoms with Crippen LogP contribution in [-0.2, 0) is 16.4 Å². The zero-order valence-electron chi connectivity index (χ0n) is 7.93. The van der Waals surface area contributed by atoms with Crippen molar-refractivity contribution in [2.24, 2.45) is 5.92 Å². The van der Waals surface area contributed by atoms with Crippen LogP contribution in [-0.4, -0.2) is 34.8 Å². The molecule has 2 heterocycles. The number of aromatic hydroxyl groups is 1. The van der Waals surface area contributed by atoms with Gasteiger partial charge in [-0.1, -0.05) is 11.6 Å². The van der Waals surface area contributed by atoms with E-state index in [4.69, 9.17) is 11.6 Å². The number of aromatic nitrogens is 2. The van der Waals surface area contributed by atoms with Crippen molar-refractivity contribution in [3.05, 3.63) is 11.3 Å². The van der Waals surface area contributed by atoms with Crippen molar-refractivity contribution in [2.75, 3.05) is 11.5 Å². The maximum atomic E-state index is 11.2. The second kappa shape index (κ2) is 3.68. The van der Waals surface area contributed by atoms with Gasteiger partial charge < -0.3 is 5.11 Å². The fourth-order valence-electron chi connectivity index (χ4n) is 1.75. The number of nitrogens with zero attached hydrogens (tertiary/aromatic N) is 2. The van der Waals surface area contributed by atoms with E-state index in [0.29, 0.717) is 13.0 Å². The van der Waals surface area contributed by atoms with Gasteiger partial charge in [-0.15, -0.1) is 0 Å². The number of hydrogen-bond acceptors (Lipinski definition) is 4. The molecule has 7 heteroatoms. The molecule has 84 valence electrons. The summed E-state index contributed by atoms with van der Waals surface area (Å²) in [7, 11) is -2.87. The molecule has 0 amide bonds. The molecule has 1 N–H and O–H groups in total. The van der Waals surface area contributed by atoms with E-state index in [1.165, 1.54) is 10.9 Å². The first-order valence-electron chi connectivity index (χ1n) is 4.58. The van der Waals surface area contributed by atoms with E-state index in [1.54, 1.807) is 0 Å². The average Bonchev–Trinajstić information content (AvgIpc) is 2.63. The molecule has 1 saturated heterocycles. The minimum Gasteiger partial charge on any atom is -0.504 e. The second-order valence-electron chi connectivity index (χ2n) is 3.77. The maximum Gasteiger partial charge on any atom is 0.172 e. The second-order valence-corrected chi connectivity index (χ2v) is 6.36. The van der Waals surface area contributed by atoms with Crippen LogP contribution in [0.3, 0.4) is 0 Å². The third kappa shape index (κ3) is 2.26. The van der Waals surface area contributed by atoms with Crippen LogP contribution in [0.4, 0.5) is 0 Å². The summed E-state index contributed by atoms with van der Waals surface area (Å²) in [6.45, 7) is 0.443. The smallest absolute Gasteiger partial charge is 0.172 e. The van der Waals surface area contributed by atoms with E-state index >= 15 is 0 Å². The third-order valence-corrected chi connectivity index (χ3v) is 4.74. The summed E-state index contributed by atoms with van der Waals surface area (Å²) in [6, 6.07) is 0. The normalized spacial score (nSPS) is 24.5. The highest BCUT2D eigenvalue weighted by Crippen LogP contribution is 2.25. The van der Waals surface area contributed by atoms with Crippen LogP contribution in [0.25, 0.3) is 0 Å². The highest BCUT2D eigenvalue weighted by Gasteiger charge is 2.28.